The molecule has 0 bridgehead atoms. The molecule has 0 radical (unpaired) electrons. The fraction of sp³-hybridized carbons (Fsp3) is 0.636. The number of hydrogen-bond donors (Lipinski definition) is 1. The Hall–Kier alpha value is -1.56. The lowest BCUT2D eigenvalue weighted by Gasteiger charge is -2.15. The number of nitrogen functional groups attached to an aromatic ring is 1. The van der Waals surface area contributed by atoms with Crippen LogP contribution in [0.5, 0.6) is 0 Å². The van der Waals surface area contributed by atoms with Crippen molar-refractivity contribution in [1.82, 2.24) is 14.5 Å². The van der Waals surface area contributed by atoms with Crippen LogP contribution in [0.4, 0.5) is 5.82 Å². The lowest BCUT2D eigenvalue weighted by molar-refractivity contribution is 0.0595. The monoisotopic (exact) mass is 238 g/mol. The van der Waals surface area contributed by atoms with Gasteiger partial charge in [-0.25, -0.2) is 9.78 Å². The van der Waals surface area contributed by atoms with Gasteiger partial charge in [-0.3, -0.25) is 0 Å². The number of anilines is 1. The molecule has 1 aromatic rings. The average Bonchev–Trinajstić information content (AvgIpc) is 2.82. The summed E-state index contributed by atoms with van der Waals surface area (Å²) in [5.74, 6) is 0.702. The number of ether oxygens (including phenoxy) is 1. The minimum Gasteiger partial charge on any atom is -0.464 e. The van der Waals surface area contributed by atoms with Gasteiger partial charge in [-0.05, 0) is 26.9 Å². The van der Waals surface area contributed by atoms with Crippen molar-refractivity contribution in [2.75, 3.05) is 33.0 Å². The molecular weight excluding hydrogens is 220 g/mol. The van der Waals surface area contributed by atoms with Crippen LogP contribution < -0.4 is 5.73 Å². The summed E-state index contributed by atoms with van der Waals surface area (Å²) < 4.78 is 6.60. The predicted octanol–water partition coefficient (Wildman–Crippen LogP) is 0.437. The van der Waals surface area contributed by atoms with Crippen LogP contribution in [0.15, 0.2) is 0 Å². The molecular formula is C11H18N4O2. The Balaban J connectivity index is 2.35. The van der Waals surface area contributed by atoms with Gasteiger partial charge in [-0.1, -0.05) is 0 Å². The van der Waals surface area contributed by atoms with Crippen LogP contribution >= 0.6 is 0 Å². The maximum atomic E-state index is 11.5. The molecule has 17 heavy (non-hydrogen) atoms. The predicted molar refractivity (Wildman–Crippen MR) is 63.9 cm³/mol. The van der Waals surface area contributed by atoms with Crippen LogP contribution in [-0.4, -0.2) is 47.7 Å². The second-order valence-electron chi connectivity index (χ2n) is 4.46. The molecule has 1 fully saturated rings. The van der Waals surface area contributed by atoms with Crippen molar-refractivity contribution in [3.8, 4) is 0 Å². The van der Waals surface area contributed by atoms with E-state index in [0.29, 0.717) is 11.9 Å². The number of aryl methyl sites for hydroxylation is 1. The smallest absolute Gasteiger partial charge is 0.360 e. The van der Waals surface area contributed by atoms with Crippen LogP contribution in [0.3, 0.4) is 0 Å². The Labute approximate surface area is 100 Å². The third-order valence-electron chi connectivity index (χ3n) is 3.23. The molecule has 1 aliphatic heterocycles. The van der Waals surface area contributed by atoms with Crippen molar-refractivity contribution < 1.29 is 9.53 Å². The zero-order valence-corrected chi connectivity index (χ0v) is 10.4. The van der Waals surface area contributed by atoms with Gasteiger partial charge in [0.25, 0.3) is 0 Å². The Kier molecular flexibility index (Phi) is 3.06. The Morgan fingerprint density at radius 2 is 2.29 bits per heavy atom. The van der Waals surface area contributed by atoms with Gasteiger partial charge in [-0.15, -0.1) is 0 Å². The number of methoxy groups -OCH3 is 1. The van der Waals surface area contributed by atoms with E-state index in [1.54, 1.807) is 0 Å². The highest BCUT2D eigenvalue weighted by Crippen LogP contribution is 2.27. The molecule has 94 valence electrons. The summed E-state index contributed by atoms with van der Waals surface area (Å²) in [5, 5.41) is 0. The second kappa shape index (κ2) is 4.37. The summed E-state index contributed by atoms with van der Waals surface area (Å²) in [6.45, 7) is 3.83. The van der Waals surface area contributed by atoms with Gasteiger partial charge in [0.2, 0.25) is 0 Å². The number of esters is 1. The van der Waals surface area contributed by atoms with E-state index >= 15 is 0 Å². The van der Waals surface area contributed by atoms with Crippen molar-refractivity contribution in [1.29, 1.82) is 0 Å². The first-order valence-corrected chi connectivity index (χ1v) is 5.65. The van der Waals surface area contributed by atoms with E-state index < -0.39 is 5.97 Å². The van der Waals surface area contributed by atoms with Gasteiger partial charge in [0.05, 0.1) is 13.2 Å². The highest BCUT2D eigenvalue weighted by Gasteiger charge is 2.27. The number of nitrogens with zero attached hydrogens (tertiary/aromatic N) is 3. The summed E-state index contributed by atoms with van der Waals surface area (Å²) >= 11 is 0. The fourth-order valence-electron chi connectivity index (χ4n) is 2.39. The molecule has 2 N–H and O–H groups in total. The maximum Gasteiger partial charge on any atom is 0.360 e. The summed E-state index contributed by atoms with van der Waals surface area (Å²) in [5.41, 5.74) is 6.21. The number of likely N-dealkylation sites (tertiary alicyclic amines) is 1. The number of nitrogens with two attached hydrogens (primary N) is 1. The number of hydrogen-bond acceptors (Lipinski definition) is 5. The molecule has 0 aliphatic carbocycles. The molecule has 0 saturated carbocycles. The maximum absolute atomic E-state index is 11.5. The minimum atomic E-state index is -0.476. The van der Waals surface area contributed by atoms with Crippen LogP contribution in [0.2, 0.25) is 0 Å². The molecule has 2 rings (SSSR count). The number of imidazole rings is 1. The van der Waals surface area contributed by atoms with E-state index in [4.69, 9.17) is 5.73 Å². The topological polar surface area (TPSA) is 73.4 Å². The van der Waals surface area contributed by atoms with Crippen LogP contribution in [0.1, 0.15) is 28.8 Å². The number of likely N-dealkylation sites (N-methyl/N-ethyl adjacent to an activating group) is 1. The molecule has 1 saturated heterocycles. The Morgan fingerprint density at radius 1 is 1.59 bits per heavy atom. The van der Waals surface area contributed by atoms with Crippen molar-refractivity contribution in [2.45, 2.75) is 19.4 Å². The number of carbonyl (C=O) groups excluding carboxylic acids is 1. The van der Waals surface area contributed by atoms with Crippen LogP contribution in [-0.2, 0) is 4.74 Å². The van der Waals surface area contributed by atoms with Gasteiger partial charge in [-0.2, -0.15) is 0 Å². The van der Waals surface area contributed by atoms with Gasteiger partial charge in [0.15, 0.2) is 5.69 Å². The molecule has 6 heteroatoms. The summed E-state index contributed by atoms with van der Waals surface area (Å²) in [6.07, 6.45) is 1.03. The lowest BCUT2D eigenvalue weighted by Crippen LogP contribution is -2.18. The molecule has 1 aliphatic rings. The molecule has 0 aromatic carbocycles. The van der Waals surface area contributed by atoms with E-state index in [1.807, 2.05) is 11.5 Å². The number of aromatic nitrogens is 2. The lowest BCUT2D eigenvalue weighted by atomic mass is 10.2. The normalized spacial score (nSPS) is 20.8. The third kappa shape index (κ3) is 2.00. The van der Waals surface area contributed by atoms with Crippen LogP contribution in [0.25, 0.3) is 0 Å². The molecule has 1 unspecified atom stereocenters. The zero-order valence-electron chi connectivity index (χ0n) is 10.4. The largest absolute Gasteiger partial charge is 0.464 e. The van der Waals surface area contributed by atoms with Crippen molar-refractivity contribution in [3.05, 3.63) is 11.5 Å². The van der Waals surface area contributed by atoms with E-state index in [2.05, 4.69) is 21.7 Å². The first kappa shape index (κ1) is 11.9. The highest BCUT2D eigenvalue weighted by molar-refractivity contribution is 5.92. The van der Waals surface area contributed by atoms with E-state index in [9.17, 15) is 4.79 Å². The van der Waals surface area contributed by atoms with Gasteiger partial charge < -0.3 is 19.9 Å². The standard InChI is InChI=1S/C11H18N4O2/c1-7-13-9(11(16)17-3)10(12)15(7)8-4-5-14(2)6-8/h8H,4-6,12H2,1-3H3. The average molecular weight is 238 g/mol. The first-order chi connectivity index (χ1) is 8.04. The number of carbonyl (C=O) groups is 1. The first-order valence-electron chi connectivity index (χ1n) is 5.65. The fourth-order valence-corrected chi connectivity index (χ4v) is 2.39. The van der Waals surface area contributed by atoms with Crippen molar-refractivity contribution in [3.63, 3.8) is 0 Å². The summed E-state index contributed by atoms with van der Waals surface area (Å²) in [7, 11) is 3.41. The van der Waals surface area contributed by atoms with Crippen molar-refractivity contribution in [2.24, 2.45) is 0 Å². The minimum absolute atomic E-state index is 0.222. The van der Waals surface area contributed by atoms with Gasteiger partial charge >= 0.3 is 5.97 Å². The summed E-state index contributed by atoms with van der Waals surface area (Å²) in [4.78, 5) is 17.9. The molecule has 6 nitrogen and oxygen atoms in total. The quantitative estimate of drug-likeness (QED) is 0.757. The van der Waals surface area contributed by atoms with Crippen molar-refractivity contribution >= 4 is 11.8 Å². The molecule has 1 aromatic heterocycles. The van der Waals surface area contributed by atoms with E-state index in [-0.39, 0.29) is 5.69 Å². The SMILES string of the molecule is COC(=O)c1nc(C)n(C2CCN(C)C2)c1N. The zero-order chi connectivity index (χ0) is 12.6. The van der Waals surface area contributed by atoms with E-state index in [1.165, 1.54) is 7.11 Å². The van der Waals surface area contributed by atoms with Gasteiger partial charge in [0.1, 0.15) is 11.6 Å². The Bertz CT molecular complexity index is 441. The second-order valence-corrected chi connectivity index (χ2v) is 4.46. The highest BCUT2D eigenvalue weighted by atomic mass is 16.5. The molecule has 2 heterocycles. The van der Waals surface area contributed by atoms with Gasteiger partial charge in [0, 0.05) is 6.54 Å². The number of rotatable bonds is 2. The Morgan fingerprint density at radius 3 is 2.82 bits per heavy atom. The summed E-state index contributed by atoms with van der Waals surface area (Å²) in [6, 6.07) is 0.297. The van der Waals surface area contributed by atoms with E-state index in [0.717, 1.165) is 25.3 Å². The molecule has 0 spiro atoms. The van der Waals surface area contributed by atoms with Crippen LogP contribution in [0, 0.1) is 6.92 Å². The third-order valence-corrected chi connectivity index (χ3v) is 3.23. The molecule has 1 atom stereocenters. The molecule has 0 amide bonds.